The van der Waals surface area contributed by atoms with Gasteiger partial charge in [0.15, 0.2) is 5.78 Å². The molecule has 0 radical (unpaired) electrons. The van der Waals surface area contributed by atoms with Gasteiger partial charge >= 0.3 is 0 Å². The Morgan fingerprint density at radius 2 is 1.94 bits per heavy atom. The Balaban J connectivity index is 2.23. The van der Waals surface area contributed by atoms with E-state index in [1.54, 1.807) is 24.3 Å². The van der Waals surface area contributed by atoms with Crippen LogP contribution in [0.15, 0.2) is 24.3 Å². The van der Waals surface area contributed by atoms with Crippen LogP contribution in [0.4, 0.5) is 5.69 Å². The standard InChI is InChI=1S/C13H21N3O/c1-16(2)9-3-8-15-10-13(17)11-4-6-12(14)7-5-11/h4-7,15H,3,8-10,14H2,1-2H3. The third kappa shape index (κ3) is 5.47. The smallest absolute Gasteiger partial charge is 0.176 e. The highest BCUT2D eigenvalue weighted by Crippen LogP contribution is 2.05. The molecule has 4 nitrogen and oxygen atoms in total. The lowest BCUT2D eigenvalue weighted by molar-refractivity contribution is 0.0991. The van der Waals surface area contributed by atoms with E-state index >= 15 is 0 Å². The van der Waals surface area contributed by atoms with Crippen molar-refractivity contribution >= 4 is 11.5 Å². The second kappa shape index (κ2) is 7.04. The van der Waals surface area contributed by atoms with Crippen molar-refractivity contribution in [2.45, 2.75) is 6.42 Å². The van der Waals surface area contributed by atoms with Gasteiger partial charge in [0.2, 0.25) is 0 Å². The zero-order valence-corrected chi connectivity index (χ0v) is 10.6. The summed E-state index contributed by atoms with van der Waals surface area (Å²) in [6, 6.07) is 7.02. The number of carbonyl (C=O) groups is 1. The van der Waals surface area contributed by atoms with Gasteiger partial charge in [-0.2, -0.15) is 0 Å². The fourth-order valence-corrected chi connectivity index (χ4v) is 1.49. The van der Waals surface area contributed by atoms with Crippen molar-refractivity contribution < 1.29 is 4.79 Å². The van der Waals surface area contributed by atoms with Gasteiger partial charge in [-0.1, -0.05) is 0 Å². The zero-order valence-electron chi connectivity index (χ0n) is 10.6. The first-order valence-electron chi connectivity index (χ1n) is 5.84. The van der Waals surface area contributed by atoms with Gasteiger partial charge in [-0.3, -0.25) is 4.79 Å². The molecule has 0 unspecified atom stereocenters. The summed E-state index contributed by atoms with van der Waals surface area (Å²) in [5.74, 6) is 0.106. The maximum atomic E-state index is 11.7. The zero-order chi connectivity index (χ0) is 12.7. The van der Waals surface area contributed by atoms with Crippen LogP contribution >= 0.6 is 0 Å². The van der Waals surface area contributed by atoms with Gasteiger partial charge in [0.05, 0.1) is 6.54 Å². The van der Waals surface area contributed by atoms with E-state index in [1.165, 1.54) is 0 Å². The van der Waals surface area contributed by atoms with E-state index in [4.69, 9.17) is 5.73 Å². The molecule has 0 heterocycles. The molecule has 0 saturated heterocycles. The predicted molar refractivity (Wildman–Crippen MR) is 71.2 cm³/mol. The van der Waals surface area contributed by atoms with Gasteiger partial charge in [-0.15, -0.1) is 0 Å². The maximum Gasteiger partial charge on any atom is 0.176 e. The number of anilines is 1. The van der Waals surface area contributed by atoms with Crippen LogP contribution in [0.1, 0.15) is 16.8 Å². The Kier molecular flexibility index (Phi) is 5.66. The number of rotatable bonds is 7. The van der Waals surface area contributed by atoms with Crippen LogP contribution in [0.5, 0.6) is 0 Å². The number of ketones is 1. The SMILES string of the molecule is CN(C)CCCNCC(=O)c1ccc(N)cc1. The third-order valence-electron chi connectivity index (χ3n) is 2.48. The van der Waals surface area contributed by atoms with E-state index in [2.05, 4.69) is 10.2 Å². The van der Waals surface area contributed by atoms with Crippen LogP contribution in [0.3, 0.4) is 0 Å². The molecule has 0 spiro atoms. The van der Waals surface area contributed by atoms with Crippen molar-refractivity contribution in [1.29, 1.82) is 0 Å². The molecule has 3 N–H and O–H groups in total. The van der Waals surface area contributed by atoms with E-state index in [1.807, 2.05) is 14.1 Å². The first kappa shape index (κ1) is 13.7. The van der Waals surface area contributed by atoms with Gasteiger partial charge in [-0.05, 0) is 57.9 Å². The Morgan fingerprint density at radius 3 is 2.53 bits per heavy atom. The summed E-state index contributed by atoms with van der Waals surface area (Å²) in [7, 11) is 4.08. The molecule has 0 amide bonds. The van der Waals surface area contributed by atoms with Crippen molar-refractivity contribution in [3.63, 3.8) is 0 Å². The number of nitrogen functional groups attached to an aromatic ring is 1. The minimum Gasteiger partial charge on any atom is -0.399 e. The lowest BCUT2D eigenvalue weighted by Crippen LogP contribution is -2.26. The second-order valence-corrected chi connectivity index (χ2v) is 4.38. The van der Waals surface area contributed by atoms with Crippen LogP contribution in [-0.4, -0.2) is 44.4 Å². The lowest BCUT2D eigenvalue weighted by Gasteiger charge is -2.09. The van der Waals surface area contributed by atoms with E-state index in [0.717, 1.165) is 19.5 Å². The van der Waals surface area contributed by atoms with Crippen LogP contribution in [0.2, 0.25) is 0 Å². The second-order valence-electron chi connectivity index (χ2n) is 4.38. The Bertz CT molecular complexity index is 346. The van der Waals surface area contributed by atoms with Gasteiger partial charge in [0.25, 0.3) is 0 Å². The predicted octanol–water partition coefficient (Wildman–Crippen LogP) is 0.993. The van der Waals surface area contributed by atoms with Crippen LogP contribution < -0.4 is 11.1 Å². The number of nitrogens with two attached hydrogens (primary N) is 1. The highest BCUT2D eigenvalue weighted by Gasteiger charge is 2.04. The van der Waals surface area contributed by atoms with Crippen LogP contribution in [0.25, 0.3) is 0 Å². The number of hydrogen-bond donors (Lipinski definition) is 2. The van der Waals surface area contributed by atoms with Gasteiger partial charge in [-0.25, -0.2) is 0 Å². The van der Waals surface area contributed by atoms with Crippen molar-refractivity contribution in [3.05, 3.63) is 29.8 Å². The van der Waals surface area contributed by atoms with E-state index in [0.29, 0.717) is 17.8 Å². The molecule has 4 heteroatoms. The molecule has 0 aliphatic carbocycles. The minimum absolute atomic E-state index is 0.106. The van der Waals surface area contributed by atoms with Crippen molar-refractivity contribution in [2.24, 2.45) is 0 Å². The number of nitrogens with one attached hydrogen (secondary N) is 1. The maximum absolute atomic E-state index is 11.7. The van der Waals surface area contributed by atoms with Gasteiger partial charge in [0.1, 0.15) is 0 Å². The average molecular weight is 235 g/mol. The van der Waals surface area contributed by atoms with E-state index in [9.17, 15) is 4.79 Å². The fraction of sp³-hybridized carbons (Fsp3) is 0.462. The summed E-state index contributed by atoms with van der Waals surface area (Å²) in [5, 5.41) is 3.15. The van der Waals surface area contributed by atoms with Crippen molar-refractivity contribution in [1.82, 2.24) is 10.2 Å². The molecule has 1 aromatic rings. The Hall–Kier alpha value is -1.39. The van der Waals surface area contributed by atoms with Crippen LogP contribution in [-0.2, 0) is 0 Å². The number of nitrogens with zero attached hydrogens (tertiary/aromatic N) is 1. The first-order valence-corrected chi connectivity index (χ1v) is 5.84. The fourth-order valence-electron chi connectivity index (χ4n) is 1.49. The highest BCUT2D eigenvalue weighted by molar-refractivity contribution is 5.97. The summed E-state index contributed by atoms with van der Waals surface area (Å²) >= 11 is 0. The molecule has 0 aliphatic heterocycles. The molecule has 0 fully saturated rings. The summed E-state index contributed by atoms with van der Waals surface area (Å²) < 4.78 is 0. The molecule has 0 bridgehead atoms. The summed E-state index contributed by atoms with van der Waals surface area (Å²) in [6.45, 7) is 2.28. The molecule has 1 aromatic carbocycles. The largest absolute Gasteiger partial charge is 0.399 e. The summed E-state index contributed by atoms with van der Waals surface area (Å²) in [4.78, 5) is 13.9. The number of carbonyl (C=O) groups excluding carboxylic acids is 1. The number of hydrogen-bond acceptors (Lipinski definition) is 4. The molecule has 0 atom stereocenters. The highest BCUT2D eigenvalue weighted by atomic mass is 16.1. The summed E-state index contributed by atoms with van der Waals surface area (Å²) in [6.07, 6.45) is 1.04. The molecular weight excluding hydrogens is 214 g/mol. The Morgan fingerprint density at radius 1 is 1.29 bits per heavy atom. The molecule has 94 valence electrons. The van der Waals surface area contributed by atoms with E-state index < -0.39 is 0 Å². The molecule has 0 aromatic heterocycles. The van der Waals surface area contributed by atoms with Crippen LogP contribution in [0, 0.1) is 0 Å². The molecule has 0 aliphatic rings. The normalized spacial score (nSPS) is 10.8. The average Bonchev–Trinajstić information content (AvgIpc) is 2.29. The number of Topliss-reactive ketones (excluding diaryl/α,β-unsaturated/α-hetero) is 1. The quantitative estimate of drug-likeness (QED) is 0.420. The monoisotopic (exact) mass is 235 g/mol. The molecule has 17 heavy (non-hydrogen) atoms. The molecule has 0 saturated carbocycles. The van der Waals surface area contributed by atoms with E-state index in [-0.39, 0.29) is 5.78 Å². The third-order valence-corrected chi connectivity index (χ3v) is 2.48. The van der Waals surface area contributed by atoms with Crippen molar-refractivity contribution in [3.8, 4) is 0 Å². The summed E-state index contributed by atoms with van der Waals surface area (Å²) in [5.41, 5.74) is 6.95. The van der Waals surface area contributed by atoms with Crippen molar-refractivity contribution in [2.75, 3.05) is 39.5 Å². The Labute approximate surface area is 103 Å². The lowest BCUT2D eigenvalue weighted by atomic mass is 10.1. The van der Waals surface area contributed by atoms with Gasteiger partial charge < -0.3 is 16.0 Å². The number of benzene rings is 1. The topological polar surface area (TPSA) is 58.4 Å². The van der Waals surface area contributed by atoms with Gasteiger partial charge in [0, 0.05) is 11.3 Å². The molecular formula is C13H21N3O. The molecule has 1 rings (SSSR count). The minimum atomic E-state index is 0.106. The first-order chi connectivity index (χ1) is 8.09.